The van der Waals surface area contributed by atoms with Gasteiger partial charge in [-0.05, 0) is 17.7 Å². The number of ether oxygens (including phenoxy) is 3. The molecule has 7 nitrogen and oxygen atoms in total. The van der Waals surface area contributed by atoms with E-state index in [2.05, 4.69) is 0 Å². The van der Waals surface area contributed by atoms with Gasteiger partial charge in [0.05, 0.1) is 20.3 Å². The summed E-state index contributed by atoms with van der Waals surface area (Å²) < 4.78 is 15.5. The van der Waals surface area contributed by atoms with E-state index in [0.29, 0.717) is 17.1 Å². The number of carboxylic acid groups (broad SMARTS) is 1. The normalized spacial score (nSPS) is 22.0. The second kappa shape index (κ2) is 6.01. The minimum absolute atomic E-state index is 0.245. The smallest absolute Gasteiger partial charge is 0.335 e. The van der Waals surface area contributed by atoms with Crippen LogP contribution in [0.3, 0.4) is 0 Å². The molecule has 0 aliphatic carbocycles. The van der Waals surface area contributed by atoms with Crippen LogP contribution in [0.4, 0.5) is 0 Å². The Morgan fingerprint density at radius 3 is 2.33 bits per heavy atom. The Balaban J connectivity index is 2.48. The summed E-state index contributed by atoms with van der Waals surface area (Å²) in [5.74, 6) is -0.375. The largest absolute Gasteiger partial charge is 0.497 e. The number of hydrogen-bond donors (Lipinski definition) is 1. The maximum Gasteiger partial charge on any atom is 0.335 e. The van der Waals surface area contributed by atoms with Crippen LogP contribution in [0.15, 0.2) is 18.2 Å². The fraction of sp³-hybridized carbons (Fsp3) is 0.429. The number of carboxylic acids is 1. The molecule has 1 heterocycles. The van der Waals surface area contributed by atoms with E-state index in [1.807, 2.05) is 0 Å². The predicted octanol–water partition coefficient (Wildman–Crippen LogP) is 0.687. The molecule has 1 fully saturated rings. The molecule has 1 aliphatic rings. The van der Waals surface area contributed by atoms with Crippen LogP contribution < -0.4 is 9.47 Å². The van der Waals surface area contributed by atoms with Gasteiger partial charge in [-0.25, -0.2) is 4.79 Å². The number of carbonyl (C=O) groups excluding carboxylic acids is 1. The number of methoxy groups -OCH3 is 2. The van der Waals surface area contributed by atoms with E-state index >= 15 is 0 Å². The van der Waals surface area contributed by atoms with Crippen molar-refractivity contribution < 1.29 is 28.9 Å². The van der Waals surface area contributed by atoms with Crippen LogP contribution in [0.1, 0.15) is 11.6 Å². The summed E-state index contributed by atoms with van der Waals surface area (Å²) in [6.45, 7) is -0.245. The standard InChI is InChI=1S/C14H17NO6/c1-15-11(16)7-21-13(14(17)18)12(15)8-4-9(19-2)6-10(5-8)20-3/h4-6,12-13H,7H2,1-3H3,(H,17,18). The highest BCUT2D eigenvalue weighted by Crippen LogP contribution is 2.34. The summed E-state index contributed by atoms with van der Waals surface area (Å²) in [6.07, 6.45) is -1.13. The average molecular weight is 295 g/mol. The molecule has 0 saturated carbocycles. The molecule has 1 N–H and O–H groups in total. The molecular formula is C14H17NO6. The molecule has 1 saturated heterocycles. The molecule has 1 aromatic rings. The van der Waals surface area contributed by atoms with Gasteiger partial charge in [-0.15, -0.1) is 0 Å². The van der Waals surface area contributed by atoms with Gasteiger partial charge in [0.1, 0.15) is 18.1 Å². The van der Waals surface area contributed by atoms with Crippen LogP contribution in [0.5, 0.6) is 11.5 Å². The zero-order valence-corrected chi connectivity index (χ0v) is 12.0. The highest BCUT2D eigenvalue weighted by molar-refractivity contribution is 5.82. The molecule has 1 aromatic carbocycles. The minimum atomic E-state index is -1.13. The summed E-state index contributed by atoms with van der Waals surface area (Å²) in [5, 5.41) is 9.30. The van der Waals surface area contributed by atoms with Crippen molar-refractivity contribution in [3.05, 3.63) is 23.8 Å². The number of amides is 1. The number of nitrogens with zero attached hydrogens (tertiary/aromatic N) is 1. The van der Waals surface area contributed by atoms with E-state index in [1.54, 1.807) is 25.2 Å². The minimum Gasteiger partial charge on any atom is -0.497 e. The molecule has 2 atom stereocenters. The van der Waals surface area contributed by atoms with Crippen LogP contribution in [-0.4, -0.2) is 55.9 Å². The monoisotopic (exact) mass is 295 g/mol. The molecule has 0 bridgehead atoms. The van der Waals surface area contributed by atoms with Gasteiger partial charge in [0.15, 0.2) is 6.10 Å². The topological polar surface area (TPSA) is 85.3 Å². The number of hydrogen-bond acceptors (Lipinski definition) is 5. The molecule has 21 heavy (non-hydrogen) atoms. The molecule has 1 aliphatic heterocycles. The Morgan fingerprint density at radius 2 is 1.86 bits per heavy atom. The van der Waals surface area contributed by atoms with Gasteiger partial charge in [-0.1, -0.05) is 0 Å². The first-order valence-corrected chi connectivity index (χ1v) is 6.31. The van der Waals surface area contributed by atoms with Crippen molar-refractivity contribution in [3.8, 4) is 11.5 Å². The van der Waals surface area contributed by atoms with Gasteiger partial charge in [-0.3, -0.25) is 4.79 Å². The molecule has 2 unspecified atom stereocenters. The summed E-state index contributed by atoms with van der Waals surface area (Å²) in [6, 6.07) is 4.27. The first-order valence-electron chi connectivity index (χ1n) is 6.31. The van der Waals surface area contributed by atoms with E-state index < -0.39 is 18.1 Å². The van der Waals surface area contributed by atoms with E-state index in [-0.39, 0.29) is 12.5 Å². The number of carbonyl (C=O) groups is 2. The van der Waals surface area contributed by atoms with Crippen molar-refractivity contribution >= 4 is 11.9 Å². The quantitative estimate of drug-likeness (QED) is 0.879. The Labute approximate surface area is 122 Å². The maximum absolute atomic E-state index is 11.8. The van der Waals surface area contributed by atoms with Crippen molar-refractivity contribution in [2.24, 2.45) is 0 Å². The number of likely N-dealkylation sites (N-methyl/N-ethyl adjacent to an activating group) is 1. The van der Waals surface area contributed by atoms with Crippen molar-refractivity contribution in [2.75, 3.05) is 27.9 Å². The lowest BCUT2D eigenvalue weighted by molar-refractivity contribution is -0.171. The summed E-state index contributed by atoms with van der Waals surface area (Å²) in [4.78, 5) is 24.5. The van der Waals surface area contributed by atoms with Crippen LogP contribution in [-0.2, 0) is 14.3 Å². The lowest BCUT2D eigenvalue weighted by Crippen LogP contribution is -2.50. The lowest BCUT2D eigenvalue weighted by Gasteiger charge is -2.37. The number of benzene rings is 1. The Hall–Kier alpha value is -2.28. The van der Waals surface area contributed by atoms with Crippen LogP contribution in [0, 0.1) is 0 Å². The highest BCUT2D eigenvalue weighted by Gasteiger charge is 2.40. The average Bonchev–Trinajstić information content (AvgIpc) is 2.48. The van der Waals surface area contributed by atoms with Crippen molar-refractivity contribution in [2.45, 2.75) is 12.1 Å². The van der Waals surface area contributed by atoms with Gasteiger partial charge in [0.2, 0.25) is 5.91 Å². The van der Waals surface area contributed by atoms with Gasteiger partial charge >= 0.3 is 5.97 Å². The molecule has 0 radical (unpaired) electrons. The van der Waals surface area contributed by atoms with E-state index in [1.165, 1.54) is 19.1 Å². The second-order valence-electron chi connectivity index (χ2n) is 4.67. The van der Waals surface area contributed by atoms with Gasteiger partial charge in [0.25, 0.3) is 0 Å². The predicted molar refractivity (Wildman–Crippen MR) is 72.4 cm³/mol. The Morgan fingerprint density at radius 1 is 1.29 bits per heavy atom. The van der Waals surface area contributed by atoms with Crippen molar-refractivity contribution in [1.29, 1.82) is 0 Å². The highest BCUT2D eigenvalue weighted by atomic mass is 16.5. The lowest BCUT2D eigenvalue weighted by atomic mass is 9.97. The third kappa shape index (κ3) is 2.92. The molecule has 0 aromatic heterocycles. The molecule has 114 valence electrons. The van der Waals surface area contributed by atoms with E-state index in [9.17, 15) is 14.7 Å². The van der Waals surface area contributed by atoms with Crippen molar-refractivity contribution in [3.63, 3.8) is 0 Å². The third-order valence-electron chi connectivity index (χ3n) is 3.44. The van der Waals surface area contributed by atoms with Gasteiger partial charge < -0.3 is 24.2 Å². The molecule has 2 rings (SSSR count). The summed E-state index contributed by atoms with van der Waals surface area (Å²) in [7, 11) is 4.55. The van der Waals surface area contributed by atoms with E-state index in [4.69, 9.17) is 14.2 Å². The van der Waals surface area contributed by atoms with Crippen LogP contribution in [0.25, 0.3) is 0 Å². The Kier molecular flexibility index (Phi) is 4.32. The Bertz CT molecular complexity index is 536. The van der Waals surface area contributed by atoms with E-state index in [0.717, 1.165) is 0 Å². The summed E-state index contributed by atoms with van der Waals surface area (Å²) >= 11 is 0. The second-order valence-corrected chi connectivity index (χ2v) is 4.67. The van der Waals surface area contributed by atoms with Gasteiger partial charge in [0, 0.05) is 13.1 Å². The SMILES string of the molecule is COc1cc(OC)cc(C2C(C(=O)O)OCC(=O)N2C)c1. The zero-order chi connectivity index (χ0) is 15.6. The number of rotatable bonds is 4. The van der Waals surface area contributed by atoms with Crippen LogP contribution in [0.2, 0.25) is 0 Å². The number of morpholine rings is 1. The fourth-order valence-corrected chi connectivity index (χ4v) is 2.32. The number of aliphatic carboxylic acids is 1. The van der Waals surface area contributed by atoms with Gasteiger partial charge in [-0.2, -0.15) is 0 Å². The summed E-state index contributed by atoms with van der Waals surface area (Å²) in [5.41, 5.74) is 0.578. The first kappa shape index (κ1) is 15.1. The maximum atomic E-state index is 11.8. The third-order valence-corrected chi connectivity index (χ3v) is 3.44. The van der Waals surface area contributed by atoms with Crippen molar-refractivity contribution in [1.82, 2.24) is 4.90 Å². The zero-order valence-electron chi connectivity index (χ0n) is 12.0. The molecule has 1 amide bonds. The first-order chi connectivity index (χ1) is 9.97. The molecule has 7 heteroatoms. The molecular weight excluding hydrogens is 278 g/mol. The molecule has 0 spiro atoms. The fourth-order valence-electron chi connectivity index (χ4n) is 2.32. The van der Waals surface area contributed by atoms with Crippen LogP contribution >= 0.6 is 0 Å².